The number of methoxy groups -OCH3 is 2. The fraction of sp³-hybridized carbons (Fsp3) is 0.222. The maximum atomic E-state index is 13.0. The van der Waals surface area contributed by atoms with Gasteiger partial charge in [0.15, 0.2) is 11.5 Å². The van der Waals surface area contributed by atoms with Gasteiger partial charge < -0.3 is 45.1 Å². The molecular weight excluding hydrogens is 853 g/mol. The summed E-state index contributed by atoms with van der Waals surface area (Å²) in [5.41, 5.74) is 12.0. The normalized spacial score (nSPS) is 12.7. The van der Waals surface area contributed by atoms with Crippen LogP contribution in [0.1, 0.15) is 18.1 Å². The Morgan fingerprint density at radius 1 is 0.677 bits per heavy atom. The molecule has 8 rings (SSSR count). The zero-order valence-corrected chi connectivity index (χ0v) is 36.9. The van der Waals surface area contributed by atoms with Crippen molar-refractivity contribution in [3.63, 3.8) is 0 Å². The van der Waals surface area contributed by atoms with E-state index in [0.29, 0.717) is 72.8 Å². The molecule has 17 heteroatoms. The third-order valence-corrected chi connectivity index (χ3v) is 11.2. The van der Waals surface area contributed by atoms with Crippen LogP contribution in [-0.2, 0) is 0 Å². The molecule has 14 nitrogen and oxygen atoms in total. The number of nitrogens with two attached hydrogens (primary N) is 1. The van der Waals surface area contributed by atoms with Crippen LogP contribution in [0.3, 0.4) is 0 Å². The Labute approximate surface area is 373 Å². The molecular formula is C45H44Cl3N9O5. The van der Waals surface area contributed by atoms with E-state index in [2.05, 4.69) is 54.2 Å². The van der Waals surface area contributed by atoms with Crippen molar-refractivity contribution in [1.82, 2.24) is 24.8 Å². The van der Waals surface area contributed by atoms with E-state index in [1.807, 2.05) is 31.2 Å². The number of anilines is 4. The lowest BCUT2D eigenvalue weighted by molar-refractivity contribution is 0.262. The van der Waals surface area contributed by atoms with Crippen molar-refractivity contribution in [3.05, 3.63) is 118 Å². The molecule has 1 saturated heterocycles. The Morgan fingerprint density at radius 3 is 1.89 bits per heavy atom. The molecule has 1 fully saturated rings. The van der Waals surface area contributed by atoms with E-state index < -0.39 is 6.03 Å². The Kier molecular flexibility index (Phi) is 13.8. The number of fused-ring (bicyclic) bond motifs is 2. The van der Waals surface area contributed by atoms with Gasteiger partial charge in [-0.3, -0.25) is 0 Å². The number of urea groups is 1. The number of carbonyl (C=O) groups is 1. The first-order chi connectivity index (χ1) is 29.9. The Hall–Kier alpha value is -6.32. The number of hydrogen-bond acceptors (Lipinski definition) is 12. The smallest absolute Gasteiger partial charge is 0.323 e. The summed E-state index contributed by atoms with van der Waals surface area (Å²) in [7, 11) is 3.11. The van der Waals surface area contributed by atoms with Crippen LogP contribution in [0.15, 0.2) is 91.5 Å². The molecule has 7 aromatic rings. The highest BCUT2D eigenvalue weighted by Crippen LogP contribution is 2.38. The summed E-state index contributed by atoms with van der Waals surface area (Å²) in [4.78, 5) is 34.7. The van der Waals surface area contributed by atoms with Crippen molar-refractivity contribution >= 4 is 85.4 Å². The summed E-state index contributed by atoms with van der Waals surface area (Å²) in [6.45, 7) is 10.9. The van der Waals surface area contributed by atoms with Crippen LogP contribution in [0.5, 0.6) is 34.8 Å². The molecule has 2 amide bonds. The van der Waals surface area contributed by atoms with Crippen LogP contribution in [0.2, 0.25) is 15.1 Å². The number of likely N-dealkylation sites (N-methyl/N-ethyl adjacent to an activating group) is 1. The van der Waals surface area contributed by atoms with Crippen molar-refractivity contribution in [2.75, 3.05) is 68.2 Å². The molecule has 5 aromatic carbocycles. The summed E-state index contributed by atoms with van der Waals surface area (Å²) < 4.78 is 22.6. The van der Waals surface area contributed by atoms with E-state index in [0.717, 1.165) is 54.9 Å². The summed E-state index contributed by atoms with van der Waals surface area (Å²) in [6.07, 6.45) is 2.89. The summed E-state index contributed by atoms with van der Waals surface area (Å²) in [5.74, 6) is 2.91. The number of aromatic nitrogens is 4. The summed E-state index contributed by atoms with van der Waals surface area (Å²) in [6, 6.07) is 22.7. The second-order valence-electron chi connectivity index (χ2n) is 14.2. The monoisotopic (exact) mass is 895 g/mol. The van der Waals surface area contributed by atoms with Gasteiger partial charge in [0.05, 0.1) is 68.8 Å². The molecule has 0 atom stereocenters. The number of nitrogen functional groups attached to an aromatic ring is 1. The van der Waals surface area contributed by atoms with Crippen LogP contribution in [-0.4, -0.2) is 77.8 Å². The van der Waals surface area contributed by atoms with Gasteiger partial charge >= 0.3 is 6.03 Å². The predicted octanol–water partition coefficient (Wildman–Crippen LogP) is 10.8. The lowest BCUT2D eigenvalue weighted by atomic mass is 10.1. The maximum absolute atomic E-state index is 13.0. The van der Waals surface area contributed by atoms with E-state index in [1.165, 1.54) is 18.2 Å². The van der Waals surface area contributed by atoms with Gasteiger partial charge in [-0.25, -0.2) is 24.7 Å². The topological polar surface area (TPSA) is 162 Å². The SMILES string of the molecule is CCN1CCN(c2ccc(Cl)cc2NC(=O)Nc2ccc(Oc3ncnc4cc(OC)c(OC)cc34)cc2Cl)CC1.Cc1cc2ncnc(Oc3ccc(N)c(Cl)c3)c2cc1C. The number of nitrogens with zero attached hydrogens (tertiary/aromatic N) is 6. The fourth-order valence-corrected chi connectivity index (χ4v) is 7.29. The van der Waals surface area contributed by atoms with Crippen molar-refractivity contribution in [2.45, 2.75) is 20.8 Å². The quantitative estimate of drug-likeness (QED) is 0.112. The number of halogens is 3. The molecule has 0 bridgehead atoms. The standard InChI is InChI=1S/C29H30Cl2N6O4.C16H14ClN3O/c1-4-36-9-11-37(12-10-36)25-8-5-18(30)13-24(25)35-29(38)34-22-7-6-19(14-21(22)31)41-28-20-15-26(39-2)27(40-3)16-23(20)32-17-33-28;1-9-5-12-15(6-10(9)2)19-8-20-16(12)21-11-3-4-14(18)13(17)7-11/h5-8,13-17H,4,9-12H2,1-3H3,(H2,34,35,38);3-8H,18H2,1-2H3. The first-order valence-electron chi connectivity index (χ1n) is 19.6. The van der Waals surface area contributed by atoms with Gasteiger partial charge in [-0.05, 0) is 92.2 Å². The molecule has 1 aliphatic heterocycles. The van der Waals surface area contributed by atoms with E-state index in [1.54, 1.807) is 68.8 Å². The van der Waals surface area contributed by atoms with E-state index in [4.69, 9.17) is 59.5 Å². The van der Waals surface area contributed by atoms with Crippen molar-refractivity contribution in [2.24, 2.45) is 0 Å². The number of benzene rings is 5. The molecule has 0 spiro atoms. The molecule has 1 aliphatic rings. The first-order valence-corrected chi connectivity index (χ1v) is 20.7. The lowest BCUT2D eigenvalue weighted by Crippen LogP contribution is -2.46. The number of nitrogens with one attached hydrogen (secondary N) is 2. The van der Waals surface area contributed by atoms with Gasteiger partial charge in [-0.15, -0.1) is 0 Å². The van der Waals surface area contributed by atoms with Crippen LogP contribution >= 0.6 is 34.8 Å². The van der Waals surface area contributed by atoms with Gasteiger partial charge in [0.25, 0.3) is 0 Å². The molecule has 0 saturated carbocycles. The van der Waals surface area contributed by atoms with Crippen LogP contribution < -0.4 is 40.2 Å². The molecule has 0 aliphatic carbocycles. The van der Waals surface area contributed by atoms with Gasteiger partial charge in [0, 0.05) is 49.4 Å². The highest BCUT2D eigenvalue weighted by molar-refractivity contribution is 6.34. The van der Waals surface area contributed by atoms with Gasteiger partial charge in [0.1, 0.15) is 24.2 Å². The highest BCUT2D eigenvalue weighted by atomic mass is 35.5. The average molecular weight is 897 g/mol. The number of aryl methyl sites for hydroxylation is 2. The van der Waals surface area contributed by atoms with Crippen molar-refractivity contribution in [3.8, 4) is 34.8 Å². The molecule has 4 N–H and O–H groups in total. The van der Waals surface area contributed by atoms with Crippen LogP contribution in [0.25, 0.3) is 21.8 Å². The summed E-state index contributed by atoms with van der Waals surface area (Å²) in [5, 5.41) is 8.52. The second-order valence-corrected chi connectivity index (χ2v) is 15.5. The van der Waals surface area contributed by atoms with Crippen LogP contribution in [0, 0.1) is 13.8 Å². The predicted molar refractivity (Wildman–Crippen MR) is 248 cm³/mol. The van der Waals surface area contributed by atoms with Gasteiger partial charge in [0.2, 0.25) is 11.8 Å². The second kappa shape index (κ2) is 19.6. The Morgan fingerprint density at radius 2 is 1.26 bits per heavy atom. The van der Waals surface area contributed by atoms with E-state index in [9.17, 15) is 4.79 Å². The van der Waals surface area contributed by atoms with Gasteiger partial charge in [-0.2, -0.15) is 0 Å². The average Bonchev–Trinajstić information content (AvgIpc) is 3.26. The maximum Gasteiger partial charge on any atom is 0.323 e. The van der Waals surface area contributed by atoms with Crippen molar-refractivity contribution in [1.29, 1.82) is 0 Å². The van der Waals surface area contributed by atoms with E-state index in [-0.39, 0.29) is 5.02 Å². The zero-order valence-electron chi connectivity index (χ0n) is 34.6. The number of hydrogen-bond donors (Lipinski definition) is 3. The minimum Gasteiger partial charge on any atom is -0.493 e. The molecule has 0 unspecified atom stereocenters. The number of carbonyl (C=O) groups excluding carboxylic acids is 1. The van der Waals surface area contributed by atoms with Crippen molar-refractivity contribution < 1.29 is 23.7 Å². The molecule has 320 valence electrons. The minimum atomic E-state index is -0.445. The van der Waals surface area contributed by atoms with E-state index >= 15 is 0 Å². The van der Waals surface area contributed by atoms with Crippen LogP contribution in [0.4, 0.5) is 27.5 Å². The number of amides is 2. The molecule has 0 radical (unpaired) electrons. The third kappa shape index (κ3) is 10.2. The Balaban J connectivity index is 0.000000230. The fourth-order valence-electron chi connectivity index (χ4n) is 6.73. The molecule has 62 heavy (non-hydrogen) atoms. The molecule has 2 aromatic heterocycles. The third-order valence-electron chi connectivity index (χ3n) is 10.3. The zero-order chi connectivity index (χ0) is 43.9. The first kappa shape index (κ1) is 43.8. The minimum absolute atomic E-state index is 0.289. The number of rotatable bonds is 10. The molecule has 3 heterocycles. The van der Waals surface area contributed by atoms with Gasteiger partial charge in [-0.1, -0.05) is 41.7 Å². The highest BCUT2D eigenvalue weighted by Gasteiger charge is 2.20. The largest absolute Gasteiger partial charge is 0.493 e. The summed E-state index contributed by atoms with van der Waals surface area (Å²) >= 11 is 18.8. The number of ether oxygens (including phenoxy) is 4. The Bertz CT molecular complexity index is 2750. The lowest BCUT2D eigenvalue weighted by Gasteiger charge is -2.36. The number of piperazine rings is 1.